The maximum Gasteiger partial charge on any atom is 0.200 e. The zero-order valence-corrected chi connectivity index (χ0v) is 6.85. The monoisotopic (exact) mass is 185 g/mol. The largest absolute Gasteiger partial charge is 0.505 e. The van der Waals surface area contributed by atoms with Gasteiger partial charge in [-0.1, -0.05) is 0 Å². The van der Waals surface area contributed by atoms with Gasteiger partial charge in [-0.15, -0.1) is 0 Å². The van der Waals surface area contributed by atoms with E-state index in [1.54, 1.807) is 0 Å². The molecule has 0 saturated carbocycles. The fraction of sp³-hybridized carbons (Fsp3) is 0.333. The predicted molar refractivity (Wildman–Crippen MR) is 43.4 cm³/mol. The minimum absolute atomic E-state index is 0.0565. The lowest BCUT2D eigenvalue weighted by Gasteiger charge is -2.28. The minimum Gasteiger partial charge on any atom is -0.505 e. The van der Waals surface area contributed by atoms with Crippen molar-refractivity contribution in [2.75, 3.05) is 6.54 Å². The first-order valence-electron chi connectivity index (χ1n) is 4.10. The number of halogens is 2. The molecule has 2 rings (SSSR count). The van der Waals surface area contributed by atoms with Crippen LogP contribution in [0.4, 0.5) is 8.78 Å². The summed E-state index contributed by atoms with van der Waals surface area (Å²) >= 11 is 0. The Morgan fingerprint density at radius 3 is 2.54 bits per heavy atom. The Labute approximate surface area is 74.2 Å². The summed E-state index contributed by atoms with van der Waals surface area (Å²) in [5.74, 6) is -2.80. The van der Waals surface area contributed by atoms with Crippen LogP contribution in [0.15, 0.2) is 12.1 Å². The third-order valence-electron chi connectivity index (χ3n) is 2.26. The van der Waals surface area contributed by atoms with Crippen LogP contribution in [0.3, 0.4) is 0 Å². The summed E-state index contributed by atoms with van der Waals surface area (Å²) in [6, 6.07) is 2.43. The molecule has 2 N–H and O–H groups in total. The van der Waals surface area contributed by atoms with Crippen molar-refractivity contribution in [3.63, 3.8) is 0 Å². The highest BCUT2D eigenvalue weighted by Crippen LogP contribution is 2.28. The maximum absolute atomic E-state index is 12.8. The molecule has 1 unspecified atom stereocenters. The Kier molecular flexibility index (Phi) is 1.92. The summed E-state index contributed by atoms with van der Waals surface area (Å²) in [5.41, 5.74) is 0.600. The molecule has 0 amide bonds. The average Bonchev–Trinajstić information content (AvgIpc) is 1.96. The van der Waals surface area contributed by atoms with Crippen LogP contribution >= 0.6 is 0 Å². The second-order valence-electron chi connectivity index (χ2n) is 3.13. The summed E-state index contributed by atoms with van der Waals surface area (Å²) in [6.07, 6.45) is 0.893. The third kappa shape index (κ3) is 1.37. The normalized spacial score (nSPS) is 21.2. The van der Waals surface area contributed by atoms with Gasteiger partial charge >= 0.3 is 0 Å². The van der Waals surface area contributed by atoms with E-state index in [9.17, 15) is 8.78 Å². The second kappa shape index (κ2) is 2.96. The number of phenolic OH excluding ortho intramolecular Hbond substituents is 1. The van der Waals surface area contributed by atoms with E-state index in [-0.39, 0.29) is 6.04 Å². The van der Waals surface area contributed by atoms with Gasteiger partial charge in [0.25, 0.3) is 0 Å². The Balaban J connectivity index is 2.37. The van der Waals surface area contributed by atoms with E-state index in [0.29, 0.717) is 5.56 Å². The van der Waals surface area contributed by atoms with Gasteiger partial charge in [0.2, 0.25) is 0 Å². The number of benzene rings is 1. The number of phenols is 1. The Morgan fingerprint density at radius 2 is 2.08 bits per heavy atom. The van der Waals surface area contributed by atoms with Gasteiger partial charge in [0, 0.05) is 6.04 Å². The van der Waals surface area contributed by atoms with Crippen LogP contribution in [0.25, 0.3) is 0 Å². The highest BCUT2D eigenvalue weighted by atomic mass is 19.2. The minimum atomic E-state index is -1.18. The number of hydrogen-bond acceptors (Lipinski definition) is 2. The van der Waals surface area contributed by atoms with Gasteiger partial charge in [0.15, 0.2) is 17.4 Å². The van der Waals surface area contributed by atoms with Crippen LogP contribution in [-0.4, -0.2) is 11.7 Å². The average molecular weight is 185 g/mol. The highest BCUT2D eigenvalue weighted by molar-refractivity contribution is 5.32. The molecule has 1 aromatic rings. The molecular weight excluding hydrogens is 176 g/mol. The molecule has 2 nitrogen and oxygen atoms in total. The van der Waals surface area contributed by atoms with E-state index in [4.69, 9.17) is 5.11 Å². The molecule has 4 heteroatoms. The quantitative estimate of drug-likeness (QED) is 0.698. The van der Waals surface area contributed by atoms with Crippen molar-refractivity contribution in [2.24, 2.45) is 0 Å². The van der Waals surface area contributed by atoms with Crippen molar-refractivity contribution in [3.05, 3.63) is 29.3 Å². The van der Waals surface area contributed by atoms with Gasteiger partial charge < -0.3 is 10.4 Å². The topological polar surface area (TPSA) is 32.3 Å². The Hall–Kier alpha value is -1.16. The van der Waals surface area contributed by atoms with Crippen molar-refractivity contribution in [2.45, 2.75) is 12.5 Å². The summed E-state index contributed by atoms with van der Waals surface area (Å²) in [5, 5.41) is 12.0. The molecule has 0 aliphatic carbocycles. The van der Waals surface area contributed by atoms with Crippen LogP contribution < -0.4 is 5.32 Å². The summed E-state index contributed by atoms with van der Waals surface area (Å²) in [7, 11) is 0. The fourth-order valence-electron chi connectivity index (χ4n) is 1.37. The van der Waals surface area contributed by atoms with Crippen LogP contribution in [0, 0.1) is 11.6 Å². The summed E-state index contributed by atoms with van der Waals surface area (Å²) in [6.45, 7) is 0.879. The SMILES string of the molecule is Oc1cc(C2CCN2)cc(F)c1F. The van der Waals surface area contributed by atoms with E-state index >= 15 is 0 Å². The Bertz CT molecular complexity index is 313. The van der Waals surface area contributed by atoms with E-state index in [1.165, 1.54) is 6.07 Å². The number of hydrogen-bond donors (Lipinski definition) is 2. The summed E-state index contributed by atoms with van der Waals surface area (Å²) < 4.78 is 25.4. The number of rotatable bonds is 1. The Morgan fingerprint density at radius 1 is 1.38 bits per heavy atom. The zero-order chi connectivity index (χ0) is 9.42. The van der Waals surface area contributed by atoms with E-state index in [0.717, 1.165) is 19.0 Å². The van der Waals surface area contributed by atoms with Crippen molar-refractivity contribution in [1.82, 2.24) is 5.32 Å². The zero-order valence-electron chi connectivity index (χ0n) is 6.85. The van der Waals surface area contributed by atoms with Crippen molar-refractivity contribution in [1.29, 1.82) is 0 Å². The molecule has 1 atom stereocenters. The first-order chi connectivity index (χ1) is 6.18. The smallest absolute Gasteiger partial charge is 0.200 e. The van der Waals surface area contributed by atoms with Gasteiger partial charge in [-0.05, 0) is 30.7 Å². The second-order valence-corrected chi connectivity index (χ2v) is 3.13. The van der Waals surface area contributed by atoms with E-state index in [1.807, 2.05) is 0 Å². The first-order valence-corrected chi connectivity index (χ1v) is 4.10. The fourth-order valence-corrected chi connectivity index (χ4v) is 1.37. The molecule has 13 heavy (non-hydrogen) atoms. The maximum atomic E-state index is 12.8. The van der Waals surface area contributed by atoms with Crippen molar-refractivity contribution >= 4 is 0 Å². The van der Waals surface area contributed by atoms with Crippen molar-refractivity contribution in [3.8, 4) is 5.75 Å². The predicted octanol–water partition coefficient (Wildman–Crippen LogP) is 1.70. The van der Waals surface area contributed by atoms with Gasteiger partial charge in [-0.25, -0.2) is 4.39 Å². The van der Waals surface area contributed by atoms with Crippen LogP contribution in [-0.2, 0) is 0 Å². The molecule has 1 heterocycles. The van der Waals surface area contributed by atoms with E-state index in [2.05, 4.69) is 5.32 Å². The molecule has 70 valence electrons. The lowest BCUT2D eigenvalue weighted by molar-refractivity contribution is 0.370. The van der Waals surface area contributed by atoms with Crippen molar-refractivity contribution < 1.29 is 13.9 Å². The van der Waals surface area contributed by atoms with Crippen LogP contribution in [0.2, 0.25) is 0 Å². The van der Waals surface area contributed by atoms with Crippen LogP contribution in [0.1, 0.15) is 18.0 Å². The van der Waals surface area contributed by atoms with Gasteiger partial charge in [-0.3, -0.25) is 0 Å². The van der Waals surface area contributed by atoms with Gasteiger partial charge in [0.05, 0.1) is 0 Å². The van der Waals surface area contributed by atoms with Crippen LogP contribution in [0.5, 0.6) is 5.75 Å². The molecule has 1 aliphatic heterocycles. The molecule has 0 bridgehead atoms. The lowest BCUT2D eigenvalue weighted by Crippen LogP contribution is -2.34. The molecule has 1 aromatic carbocycles. The highest BCUT2D eigenvalue weighted by Gasteiger charge is 2.21. The molecule has 0 aromatic heterocycles. The molecular formula is C9H9F2NO. The van der Waals surface area contributed by atoms with Gasteiger partial charge in [0.1, 0.15) is 0 Å². The molecule has 0 spiro atoms. The molecule has 1 aliphatic rings. The number of nitrogens with one attached hydrogen (secondary N) is 1. The molecule has 0 radical (unpaired) electrons. The standard InChI is InChI=1S/C9H9F2NO/c10-6-3-5(7-1-2-12-7)4-8(13)9(6)11/h3-4,7,12-13H,1-2H2. The molecule has 1 fully saturated rings. The van der Waals surface area contributed by atoms with E-state index < -0.39 is 17.4 Å². The molecule has 1 saturated heterocycles. The summed E-state index contributed by atoms with van der Waals surface area (Å²) in [4.78, 5) is 0. The first kappa shape index (κ1) is 8.44. The number of aromatic hydroxyl groups is 1. The lowest BCUT2D eigenvalue weighted by atomic mass is 9.98. The van der Waals surface area contributed by atoms with Gasteiger partial charge in [-0.2, -0.15) is 4.39 Å². The third-order valence-corrected chi connectivity index (χ3v) is 2.26.